The summed E-state index contributed by atoms with van der Waals surface area (Å²) >= 11 is 6.34. The summed E-state index contributed by atoms with van der Waals surface area (Å²) < 4.78 is 13.3. The molecule has 0 atom stereocenters. The van der Waals surface area contributed by atoms with Crippen molar-refractivity contribution in [2.45, 2.75) is 30.8 Å². The van der Waals surface area contributed by atoms with Crippen LogP contribution in [0.4, 0.5) is 4.39 Å². The highest BCUT2D eigenvalue weighted by Gasteiger charge is 2.22. The number of hydrogen-bond donors (Lipinski definition) is 0. The maximum atomic E-state index is 13.3. The molecule has 1 fully saturated rings. The van der Waals surface area contributed by atoms with Crippen molar-refractivity contribution in [2.75, 3.05) is 0 Å². The van der Waals surface area contributed by atoms with Crippen LogP contribution in [0.5, 0.6) is 0 Å². The van der Waals surface area contributed by atoms with Crippen molar-refractivity contribution in [2.24, 2.45) is 0 Å². The molecule has 131 valence electrons. The van der Waals surface area contributed by atoms with Crippen LogP contribution in [0, 0.1) is 5.82 Å². The Morgan fingerprint density at radius 3 is 1.77 bits per heavy atom. The fourth-order valence-corrected chi connectivity index (χ4v) is 6.04. The van der Waals surface area contributed by atoms with Crippen LogP contribution in [0.2, 0.25) is 12.1 Å². The first-order valence-corrected chi connectivity index (χ1v) is 12.1. The molecule has 4 rings (SSSR count). The van der Waals surface area contributed by atoms with Gasteiger partial charge in [0.1, 0.15) is 5.82 Å². The van der Waals surface area contributed by atoms with E-state index in [0.29, 0.717) is 5.92 Å². The predicted octanol–water partition coefficient (Wildman–Crippen LogP) is 7.27. The molecule has 0 aliphatic carbocycles. The van der Waals surface area contributed by atoms with E-state index in [9.17, 15) is 4.39 Å². The van der Waals surface area contributed by atoms with Crippen molar-refractivity contribution in [3.8, 4) is 22.3 Å². The summed E-state index contributed by atoms with van der Waals surface area (Å²) in [5.74, 6) is 0.452. The molecule has 0 unspecified atom stereocenters. The molecular weight excluding hydrogens is 359 g/mol. The second-order valence-electron chi connectivity index (χ2n) is 6.97. The van der Waals surface area contributed by atoms with Gasteiger partial charge in [-0.1, -0.05) is 60.7 Å². The van der Waals surface area contributed by atoms with E-state index in [1.54, 1.807) is 0 Å². The molecule has 1 heterocycles. The maximum Gasteiger partial charge on any atom is 0.165 e. The monoisotopic (exact) mass is 379 g/mol. The lowest BCUT2D eigenvalue weighted by Crippen LogP contribution is -2.14. The highest BCUT2D eigenvalue weighted by atomic mass is 35.6. The summed E-state index contributed by atoms with van der Waals surface area (Å²) in [5.41, 5.74) is 5.98. The Kier molecular flexibility index (Phi) is 5.23. The van der Waals surface area contributed by atoms with Crippen LogP contribution in [0.3, 0.4) is 0 Å². The first-order chi connectivity index (χ1) is 12.7. The van der Waals surface area contributed by atoms with Gasteiger partial charge >= 0.3 is 0 Å². The molecule has 0 bridgehead atoms. The summed E-state index contributed by atoms with van der Waals surface area (Å²) in [7, 11) is -0.577. The molecule has 3 heteroatoms. The topological polar surface area (TPSA) is 0 Å². The van der Waals surface area contributed by atoms with Crippen LogP contribution in [0.25, 0.3) is 22.3 Å². The van der Waals surface area contributed by atoms with Crippen LogP contribution in [-0.2, 0) is 0 Å². The zero-order valence-corrected chi connectivity index (χ0v) is 16.3. The minimum Gasteiger partial charge on any atom is -0.207 e. The van der Waals surface area contributed by atoms with Crippen molar-refractivity contribution < 1.29 is 4.39 Å². The Bertz CT molecular complexity index is 865. The Morgan fingerprint density at radius 1 is 0.731 bits per heavy atom. The number of halogens is 2. The Labute approximate surface area is 161 Å². The van der Waals surface area contributed by atoms with Gasteiger partial charge in [0, 0.05) is 0 Å². The molecule has 0 N–H and O–H groups in total. The lowest BCUT2D eigenvalue weighted by Gasteiger charge is -2.24. The third kappa shape index (κ3) is 3.77. The normalized spacial score (nSPS) is 15.9. The highest BCUT2D eigenvalue weighted by Crippen LogP contribution is 2.37. The highest BCUT2D eigenvalue weighted by molar-refractivity contribution is 7.07. The van der Waals surface area contributed by atoms with Gasteiger partial charge in [-0.05, 0) is 70.8 Å². The molecule has 1 aliphatic rings. The predicted molar refractivity (Wildman–Crippen MR) is 110 cm³/mol. The van der Waals surface area contributed by atoms with Crippen molar-refractivity contribution >= 4 is 19.2 Å². The standard InChI is InChI=1S/C23H21ClFSi/c24-26-15-13-18(14-16-26)17-5-7-19(8-6-17)22-3-1-2-4-23(22)20-9-11-21(25)12-10-20/h1-12,18H,13-16H2. The van der Waals surface area contributed by atoms with E-state index in [2.05, 4.69) is 42.5 Å². The fraction of sp³-hybridized carbons (Fsp3) is 0.217. The van der Waals surface area contributed by atoms with Gasteiger partial charge in [-0.15, -0.1) is 0 Å². The average Bonchev–Trinajstić information content (AvgIpc) is 2.69. The van der Waals surface area contributed by atoms with Crippen LogP contribution in [0.15, 0.2) is 72.8 Å². The first kappa shape index (κ1) is 17.5. The van der Waals surface area contributed by atoms with E-state index in [1.807, 2.05) is 18.2 Å². The Morgan fingerprint density at radius 2 is 1.23 bits per heavy atom. The van der Waals surface area contributed by atoms with Gasteiger partial charge in [-0.3, -0.25) is 0 Å². The van der Waals surface area contributed by atoms with Crippen molar-refractivity contribution in [1.82, 2.24) is 0 Å². The summed E-state index contributed by atoms with van der Waals surface area (Å²) in [5, 5.41) is 0. The molecule has 26 heavy (non-hydrogen) atoms. The zero-order valence-electron chi connectivity index (χ0n) is 14.6. The van der Waals surface area contributed by atoms with E-state index in [1.165, 1.54) is 53.8 Å². The maximum absolute atomic E-state index is 13.3. The van der Waals surface area contributed by atoms with Gasteiger partial charge in [0.25, 0.3) is 0 Å². The quantitative estimate of drug-likeness (QED) is 0.331. The molecule has 1 saturated heterocycles. The van der Waals surface area contributed by atoms with Gasteiger partial charge in [-0.25, -0.2) is 4.39 Å². The number of hydrogen-bond acceptors (Lipinski definition) is 0. The molecular formula is C23H21ClFSi. The molecule has 3 aromatic rings. The lowest BCUT2D eigenvalue weighted by molar-refractivity contribution is 0.613. The molecule has 0 aromatic heterocycles. The van der Waals surface area contributed by atoms with Crippen molar-refractivity contribution in [3.63, 3.8) is 0 Å². The molecule has 1 aliphatic heterocycles. The van der Waals surface area contributed by atoms with Crippen LogP contribution in [0.1, 0.15) is 24.3 Å². The number of rotatable bonds is 3. The van der Waals surface area contributed by atoms with Crippen molar-refractivity contribution in [1.29, 1.82) is 0 Å². The van der Waals surface area contributed by atoms with Gasteiger partial charge in [-0.2, -0.15) is 11.1 Å². The van der Waals surface area contributed by atoms with Crippen LogP contribution in [-0.4, -0.2) is 8.11 Å². The smallest absolute Gasteiger partial charge is 0.165 e. The third-order valence-electron chi connectivity index (χ3n) is 5.30. The van der Waals surface area contributed by atoms with Crippen LogP contribution >= 0.6 is 11.1 Å². The van der Waals surface area contributed by atoms with E-state index >= 15 is 0 Å². The summed E-state index contributed by atoms with van der Waals surface area (Å²) in [6, 6.07) is 26.5. The molecule has 3 aromatic carbocycles. The van der Waals surface area contributed by atoms with E-state index in [-0.39, 0.29) is 5.82 Å². The van der Waals surface area contributed by atoms with Crippen LogP contribution < -0.4 is 0 Å². The Hall–Kier alpha value is -1.90. The minimum absolute atomic E-state index is 0.204. The van der Waals surface area contributed by atoms with Gasteiger partial charge in [0.2, 0.25) is 0 Å². The second kappa shape index (κ2) is 7.77. The van der Waals surface area contributed by atoms with Gasteiger partial charge in [0.15, 0.2) is 8.11 Å². The Balaban J connectivity index is 1.63. The lowest BCUT2D eigenvalue weighted by atomic mass is 9.90. The fourth-order valence-electron chi connectivity index (χ4n) is 3.82. The first-order valence-electron chi connectivity index (χ1n) is 9.16. The number of benzene rings is 3. The minimum atomic E-state index is -0.577. The largest absolute Gasteiger partial charge is 0.207 e. The van der Waals surface area contributed by atoms with Gasteiger partial charge < -0.3 is 0 Å². The molecule has 0 amide bonds. The van der Waals surface area contributed by atoms with Gasteiger partial charge in [0.05, 0.1) is 0 Å². The molecule has 1 radical (unpaired) electrons. The van der Waals surface area contributed by atoms with E-state index in [0.717, 1.165) is 11.1 Å². The third-order valence-corrected chi connectivity index (χ3v) is 8.10. The SMILES string of the molecule is Fc1ccc(-c2ccccc2-c2ccc(C3CC[Si](Cl)CC3)cc2)cc1. The van der Waals surface area contributed by atoms with Crippen molar-refractivity contribution in [3.05, 3.63) is 84.2 Å². The van der Waals surface area contributed by atoms with E-state index < -0.39 is 8.11 Å². The average molecular weight is 380 g/mol. The molecule has 0 spiro atoms. The molecule has 0 nitrogen and oxygen atoms in total. The zero-order chi connectivity index (χ0) is 17.9. The second-order valence-corrected chi connectivity index (χ2v) is 10.6. The summed E-state index contributed by atoms with van der Waals surface area (Å²) in [6.07, 6.45) is 2.45. The summed E-state index contributed by atoms with van der Waals surface area (Å²) in [6.45, 7) is 0. The van der Waals surface area contributed by atoms with E-state index in [4.69, 9.17) is 11.1 Å². The summed E-state index contributed by atoms with van der Waals surface area (Å²) in [4.78, 5) is 0. The molecule has 0 saturated carbocycles.